The molecule has 0 heterocycles. The molecular formula is C60H50O10. The number of hydrogen-bond donors (Lipinski definition) is 0. The average Bonchev–Trinajstić information content (AvgIpc) is 3.36. The Morgan fingerprint density at radius 3 is 0.971 bits per heavy atom. The molecule has 1 atom stereocenters. The van der Waals surface area contributed by atoms with Crippen molar-refractivity contribution in [2.24, 2.45) is 0 Å². The van der Waals surface area contributed by atoms with Gasteiger partial charge in [-0.25, -0.2) is 14.4 Å². The SMILES string of the molecule is COc1ccc(C(C)c2ccc(OC(=O)c3ccc(Oc4ccc(C(=O)Oc5ccc(-c6ccc(OC(=O)c7ccc(Oc8ccc(C(C)=O)cc8)cc7)c(C)c6)cc5C)cc4)cc3)c(C)c2)cc1C. The van der Waals surface area contributed by atoms with E-state index in [1.807, 2.05) is 76.2 Å². The zero-order valence-corrected chi connectivity index (χ0v) is 39.8. The molecule has 70 heavy (non-hydrogen) atoms. The lowest BCUT2D eigenvalue weighted by Crippen LogP contribution is -2.09. The number of aryl methyl sites for hydroxylation is 4. The van der Waals surface area contributed by atoms with Gasteiger partial charge in [-0.2, -0.15) is 0 Å². The van der Waals surface area contributed by atoms with Crippen molar-refractivity contribution < 1.29 is 47.6 Å². The molecule has 0 aliphatic carbocycles. The predicted molar refractivity (Wildman–Crippen MR) is 269 cm³/mol. The van der Waals surface area contributed by atoms with Crippen LogP contribution in [0.1, 0.15) is 94.6 Å². The number of esters is 3. The molecule has 0 radical (unpaired) electrons. The molecule has 350 valence electrons. The minimum absolute atomic E-state index is 0.0251. The van der Waals surface area contributed by atoms with Gasteiger partial charge in [-0.15, -0.1) is 0 Å². The Hall–Kier alpha value is -8.76. The van der Waals surface area contributed by atoms with Crippen molar-refractivity contribution in [3.63, 3.8) is 0 Å². The quantitative estimate of drug-likeness (QED) is 0.0557. The molecule has 0 aromatic heterocycles. The van der Waals surface area contributed by atoms with Crippen LogP contribution in [0.5, 0.6) is 46.0 Å². The second kappa shape index (κ2) is 21.0. The fourth-order valence-electron chi connectivity index (χ4n) is 7.79. The number of carbonyl (C=O) groups excluding carboxylic acids is 4. The first-order chi connectivity index (χ1) is 33.7. The second-order valence-corrected chi connectivity index (χ2v) is 17.0. The van der Waals surface area contributed by atoms with Crippen molar-refractivity contribution in [3.05, 3.63) is 225 Å². The zero-order chi connectivity index (χ0) is 49.5. The van der Waals surface area contributed by atoms with E-state index in [0.717, 1.165) is 44.7 Å². The lowest BCUT2D eigenvalue weighted by Gasteiger charge is -2.16. The van der Waals surface area contributed by atoms with E-state index < -0.39 is 17.9 Å². The highest BCUT2D eigenvalue weighted by Crippen LogP contribution is 2.34. The Balaban J connectivity index is 0.815. The Morgan fingerprint density at radius 2 is 0.671 bits per heavy atom. The van der Waals surface area contributed by atoms with Crippen LogP contribution >= 0.6 is 0 Å². The summed E-state index contributed by atoms with van der Waals surface area (Å²) in [6.07, 6.45) is 0. The molecule has 8 rings (SSSR count). The topological polar surface area (TPSA) is 124 Å². The molecule has 0 bridgehead atoms. The van der Waals surface area contributed by atoms with Crippen molar-refractivity contribution in [1.82, 2.24) is 0 Å². The number of methoxy groups -OCH3 is 1. The van der Waals surface area contributed by atoms with Crippen LogP contribution in [0, 0.1) is 27.7 Å². The third-order valence-electron chi connectivity index (χ3n) is 11.9. The molecule has 8 aromatic rings. The summed E-state index contributed by atoms with van der Waals surface area (Å²) < 4.78 is 34.6. The number of carbonyl (C=O) groups is 4. The fourth-order valence-corrected chi connectivity index (χ4v) is 7.79. The minimum Gasteiger partial charge on any atom is -0.496 e. The number of benzene rings is 8. The maximum absolute atomic E-state index is 13.2. The van der Waals surface area contributed by atoms with Gasteiger partial charge in [0, 0.05) is 11.5 Å². The Labute approximate surface area is 407 Å². The Morgan fingerprint density at radius 1 is 0.371 bits per heavy atom. The fraction of sp³-hybridized carbons (Fsp3) is 0.133. The number of rotatable bonds is 15. The zero-order valence-electron chi connectivity index (χ0n) is 39.8. The summed E-state index contributed by atoms with van der Waals surface area (Å²) in [5, 5.41) is 0. The van der Waals surface area contributed by atoms with Gasteiger partial charge in [0.2, 0.25) is 0 Å². The first-order valence-corrected chi connectivity index (χ1v) is 22.6. The molecule has 0 N–H and O–H groups in total. The molecule has 0 aliphatic rings. The first-order valence-electron chi connectivity index (χ1n) is 22.6. The largest absolute Gasteiger partial charge is 0.496 e. The number of ketones is 1. The van der Waals surface area contributed by atoms with E-state index in [9.17, 15) is 19.2 Å². The predicted octanol–water partition coefficient (Wildman–Crippen LogP) is 14.2. The van der Waals surface area contributed by atoms with Crippen molar-refractivity contribution in [2.75, 3.05) is 7.11 Å². The van der Waals surface area contributed by atoms with Gasteiger partial charge in [0.25, 0.3) is 0 Å². The molecule has 0 aliphatic heterocycles. The average molecular weight is 931 g/mol. The van der Waals surface area contributed by atoms with Crippen molar-refractivity contribution in [2.45, 2.75) is 47.5 Å². The van der Waals surface area contributed by atoms with Crippen molar-refractivity contribution in [3.8, 4) is 57.1 Å². The van der Waals surface area contributed by atoms with Gasteiger partial charge in [-0.05, 0) is 213 Å². The standard InChI is InChI=1S/C60H50O10/c1-36-32-46(16-28-54(36)65-7)40(5)47-17-29-55(37(2)33-47)68-58(62)43-12-24-52(25-13-43)67-53-26-14-45(15-27-53)60(64)70-57-31-19-49(35-39(57)4)48-18-30-56(38(3)34-48)69-59(63)44-10-22-51(23-11-44)66-50-20-8-42(9-21-50)41(6)61/h8-35,40H,1-7H3. The van der Waals surface area contributed by atoms with E-state index in [4.69, 9.17) is 28.4 Å². The van der Waals surface area contributed by atoms with Gasteiger partial charge in [0.15, 0.2) is 5.78 Å². The lowest BCUT2D eigenvalue weighted by atomic mass is 9.91. The minimum atomic E-state index is -0.526. The highest BCUT2D eigenvalue weighted by Gasteiger charge is 2.17. The maximum atomic E-state index is 13.2. The van der Waals surface area contributed by atoms with Gasteiger partial charge < -0.3 is 28.4 Å². The smallest absolute Gasteiger partial charge is 0.343 e. The van der Waals surface area contributed by atoms with E-state index in [1.165, 1.54) is 12.5 Å². The van der Waals surface area contributed by atoms with Gasteiger partial charge in [-0.1, -0.05) is 43.3 Å². The van der Waals surface area contributed by atoms with Crippen LogP contribution in [0.25, 0.3) is 11.1 Å². The summed E-state index contributed by atoms with van der Waals surface area (Å²) in [5.74, 6) is 2.87. The molecule has 0 amide bonds. The van der Waals surface area contributed by atoms with Crippen LogP contribution < -0.4 is 28.4 Å². The Kier molecular flexibility index (Phi) is 14.3. The number of ether oxygens (including phenoxy) is 6. The molecule has 0 spiro atoms. The van der Waals surface area contributed by atoms with Crippen molar-refractivity contribution in [1.29, 1.82) is 0 Å². The van der Waals surface area contributed by atoms with E-state index in [0.29, 0.717) is 62.5 Å². The van der Waals surface area contributed by atoms with Crippen LogP contribution in [-0.2, 0) is 0 Å². The molecular weight excluding hydrogens is 881 g/mol. The molecule has 8 aromatic carbocycles. The summed E-state index contributed by atoms with van der Waals surface area (Å²) in [4.78, 5) is 50.9. The molecule has 10 heteroatoms. The first kappa shape index (κ1) is 47.7. The van der Waals surface area contributed by atoms with Gasteiger partial charge >= 0.3 is 17.9 Å². The summed E-state index contributed by atoms with van der Waals surface area (Å²) in [7, 11) is 1.67. The maximum Gasteiger partial charge on any atom is 0.343 e. The molecule has 10 nitrogen and oxygen atoms in total. The third-order valence-corrected chi connectivity index (χ3v) is 11.9. The molecule has 1 unspecified atom stereocenters. The normalized spacial score (nSPS) is 11.2. The molecule has 0 saturated carbocycles. The summed E-state index contributed by atoms with van der Waals surface area (Å²) in [6.45, 7) is 11.3. The summed E-state index contributed by atoms with van der Waals surface area (Å²) >= 11 is 0. The van der Waals surface area contributed by atoms with E-state index in [1.54, 1.807) is 116 Å². The van der Waals surface area contributed by atoms with Gasteiger partial charge in [0.05, 0.1) is 23.8 Å². The van der Waals surface area contributed by atoms with E-state index >= 15 is 0 Å². The van der Waals surface area contributed by atoms with Gasteiger partial charge in [-0.3, -0.25) is 4.79 Å². The highest BCUT2D eigenvalue weighted by atomic mass is 16.5. The second-order valence-electron chi connectivity index (χ2n) is 17.0. The Bertz CT molecular complexity index is 3230. The number of hydrogen-bond acceptors (Lipinski definition) is 10. The van der Waals surface area contributed by atoms with Crippen LogP contribution in [0.4, 0.5) is 0 Å². The highest BCUT2D eigenvalue weighted by molar-refractivity contribution is 5.94. The van der Waals surface area contributed by atoms with Crippen molar-refractivity contribution >= 4 is 23.7 Å². The monoisotopic (exact) mass is 930 g/mol. The third kappa shape index (κ3) is 11.3. The van der Waals surface area contributed by atoms with E-state index in [2.05, 4.69) is 19.1 Å². The van der Waals surface area contributed by atoms with Crippen LogP contribution in [0.2, 0.25) is 0 Å². The van der Waals surface area contributed by atoms with E-state index in [-0.39, 0.29) is 11.7 Å². The lowest BCUT2D eigenvalue weighted by molar-refractivity contribution is 0.0724. The van der Waals surface area contributed by atoms with Crippen LogP contribution in [0.3, 0.4) is 0 Å². The van der Waals surface area contributed by atoms with Crippen LogP contribution in [-0.4, -0.2) is 30.8 Å². The number of Topliss-reactive ketones (excluding diaryl/α,β-unsaturated/α-hetero) is 1. The van der Waals surface area contributed by atoms with Crippen LogP contribution in [0.15, 0.2) is 170 Å². The van der Waals surface area contributed by atoms with Gasteiger partial charge in [0.1, 0.15) is 46.0 Å². The summed E-state index contributed by atoms with van der Waals surface area (Å²) in [6, 6.07) is 49.8. The molecule has 0 saturated heterocycles. The molecule has 0 fully saturated rings. The summed E-state index contributed by atoms with van der Waals surface area (Å²) in [5.41, 5.74) is 9.17.